The summed E-state index contributed by atoms with van der Waals surface area (Å²) in [7, 11) is 1.60. The number of hydrogen-bond donors (Lipinski definition) is 1. The van der Waals surface area contributed by atoms with Crippen LogP contribution in [0.4, 0.5) is 0 Å². The van der Waals surface area contributed by atoms with Gasteiger partial charge in [-0.2, -0.15) is 0 Å². The molecule has 0 aliphatic heterocycles. The number of carbonyl (C=O) groups excluding carboxylic acids is 1. The minimum atomic E-state index is -0.352. The van der Waals surface area contributed by atoms with Crippen molar-refractivity contribution in [1.29, 1.82) is 0 Å². The Labute approximate surface area is 102 Å². The highest BCUT2D eigenvalue weighted by Gasteiger charge is 2.13. The Morgan fingerprint density at radius 3 is 2.88 bits per heavy atom. The van der Waals surface area contributed by atoms with Crippen molar-refractivity contribution in [2.45, 2.75) is 25.8 Å². The summed E-state index contributed by atoms with van der Waals surface area (Å²) in [6, 6.07) is 7.05. The van der Waals surface area contributed by atoms with Gasteiger partial charge in [0.2, 0.25) is 0 Å². The topological polar surface area (TPSA) is 61.5 Å². The van der Waals surface area contributed by atoms with Gasteiger partial charge in [0, 0.05) is 6.04 Å². The summed E-state index contributed by atoms with van der Waals surface area (Å²) in [5.74, 6) is 0.474. The van der Waals surface area contributed by atoms with Gasteiger partial charge in [-0.1, -0.05) is 19.1 Å². The highest BCUT2D eigenvalue weighted by atomic mass is 16.5. The fourth-order valence-electron chi connectivity index (χ4n) is 1.44. The van der Waals surface area contributed by atoms with E-state index in [0.29, 0.717) is 6.61 Å². The first-order valence-electron chi connectivity index (χ1n) is 5.72. The summed E-state index contributed by atoms with van der Waals surface area (Å²) in [5.41, 5.74) is 6.81. The molecule has 4 heteroatoms. The smallest absolute Gasteiger partial charge is 0.307 e. The first-order chi connectivity index (χ1) is 8.17. The van der Waals surface area contributed by atoms with Crippen LogP contribution in [-0.4, -0.2) is 19.7 Å². The molecule has 1 unspecified atom stereocenters. The van der Waals surface area contributed by atoms with Crippen molar-refractivity contribution in [3.05, 3.63) is 29.8 Å². The average molecular weight is 237 g/mol. The molecule has 0 aliphatic carbocycles. The maximum atomic E-state index is 11.4. The van der Waals surface area contributed by atoms with Crippen molar-refractivity contribution in [1.82, 2.24) is 0 Å². The third-order valence-electron chi connectivity index (χ3n) is 2.38. The van der Waals surface area contributed by atoms with Crippen molar-refractivity contribution in [3.8, 4) is 5.75 Å². The van der Waals surface area contributed by atoms with Crippen molar-refractivity contribution in [2.75, 3.05) is 13.7 Å². The van der Waals surface area contributed by atoms with E-state index in [-0.39, 0.29) is 18.4 Å². The average Bonchev–Trinajstić information content (AvgIpc) is 2.36. The number of esters is 1. The Hall–Kier alpha value is -1.55. The lowest BCUT2D eigenvalue weighted by atomic mass is 10.0. The molecule has 1 aromatic carbocycles. The molecular formula is C13H19NO3. The third-order valence-corrected chi connectivity index (χ3v) is 2.38. The predicted octanol–water partition coefficient (Wildman–Crippen LogP) is 2.04. The first-order valence-corrected chi connectivity index (χ1v) is 5.72. The molecule has 0 aromatic heterocycles. The molecule has 1 rings (SSSR count). The highest BCUT2D eigenvalue weighted by Crippen LogP contribution is 2.19. The van der Waals surface area contributed by atoms with Crippen LogP contribution in [0.1, 0.15) is 31.4 Å². The standard InChI is InChI=1S/C13H19NO3/c1-3-7-17-13(15)9-12(14)10-5-4-6-11(8-10)16-2/h4-6,8,12H,3,7,9,14H2,1-2H3. The number of benzene rings is 1. The quantitative estimate of drug-likeness (QED) is 0.769. The van der Waals surface area contributed by atoms with Gasteiger partial charge in [-0.25, -0.2) is 0 Å². The van der Waals surface area contributed by atoms with E-state index in [1.807, 2.05) is 31.2 Å². The van der Waals surface area contributed by atoms with Crippen LogP contribution >= 0.6 is 0 Å². The summed E-state index contributed by atoms with van der Waals surface area (Å²) in [4.78, 5) is 11.4. The second-order valence-electron chi connectivity index (χ2n) is 3.81. The fourth-order valence-corrected chi connectivity index (χ4v) is 1.44. The van der Waals surface area contributed by atoms with Gasteiger partial charge >= 0.3 is 5.97 Å². The SMILES string of the molecule is CCCOC(=O)CC(N)c1cccc(OC)c1. The molecule has 0 saturated heterocycles. The predicted molar refractivity (Wildman–Crippen MR) is 65.8 cm³/mol. The number of nitrogens with two attached hydrogens (primary N) is 1. The van der Waals surface area contributed by atoms with E-state index in [9.17, 15) is 4.79 Å². The van der Waals surface area contributed by atoms with Gasteiger partial charge in [-0.15, -0.1) is 0 Å². The van der Waals surface area contributed by atoms with Gasteiger partial charge in [0.25, 0.3) is 0 Å². The van der Waals surface area contributed by atoms with E-state index in [0.717, 1.165) is 17.7 Å². The minimum absolute atomic E-state index is 0.188. The van der Waals surface area contributed by atoms with Gasteiger partial charge < -0.3 is 15.2 Å². The minimum Gasteiger partial charge on any atom is -0.497 e. The van der Waals surface area contributed by atoms with Crippen molar-refractivity contribution in [3.63, 3.8) is 0 Å². The Balaban J connectivity index is 2.56. The lowest BCUT2D eigenvalue weighted by molar-refractivity contribution is -0.144. The Morgan fingerprint density at radius 2 is 2.24 bits per heavy atom. The van der Waals surface area contributed by atoms with Crippen LogP contribution in [0, 0.1) is 0 Å². The maximum Gasteiger partial charge on any atom is 0.307 e. The van der Waals surface area contributed by atoms with E-state index < -0.39 is 0 Å². The number of carbonyl (C=O) groups is 1. The van der Waals surface area contributed by atoms with Crippen molar-refractivity contribution < 1.29 is 14.3 Å². The van der Waals surface area contributed by atoms with Crippen LogP contribution in [0.5, 0.6) is 5.75 Å². The number of methoxy groups -OCH3 is 1. The molecule has 0 spiro atoms. The van der Waals surface area contributed by atoms with E-state index in [2.05, 4.69) is 0 Å². The lowest BCUT2D eigenvalue weighted by Crippen LogP contribution is -2.17. The largest absolute Gasteiger partial charge is 0.497 e. The van der Waals surface area contributed by atoms with Gasteiger partial charge in [0.05, 0.1) is 20.1 Å². The molecule has 2 N–H and O–H groups in total. The summed E-state index contributed by atoms with van der Waals surface area (Å²) >= 11 is 0. The Morgan fingerprint density at radius 1 is 1.47 bits per heavy atom. The van der Waals surface area contributed by atoms with Gasteiger partial charge in [-0.3, -0.25) is 4.79 Å². The zero-order chi connectivity index (χ0) is 12.7. The van der Waals surface area contributed by atoms with Gasteiger partial charge in [-0.05, 0) is 24.1 Å². The third kappa shape index (κ3) is 4.44. The van der Waals surface area contributed by atoms with Gasteiger partial charge in [0.1, 0.15) is 5.75 Å². The van der Waals surface area contributed by atoms with E-state index in [1.54, 1.807) is 7.11 Å². The summed E-state index contributed by atoms with van der Waals surface area (Å²) in [6.45, 7) is 2.40. The Bertz CT molecular complexity index is 365. The number of ether oxygens (including phenoxy) is 2. The van der Waals surface area contributed by atoms with E-state index >= 15 is 0 Å². The maximum absolute atomic E-state index is 11.4. The van der Waals surface area contributed by atoms with Crippen LogP contribution in [0.15, 0.2) is 24.3 Å². The van der Waals surface area contributed by atoms with E-state index in [1.165, 1.54) is 0 Å². The summed E-state index contributed by atoms with van der Waals surface area (Å²) in [5, 5.41) is 0. The number of rotatable bonds is 6. The second-order valence-corrected chi connectivity index (χ2v) is 3.81. The lowest BCUT2D eigenvalue weighted by Gasteiger charge is -2.12. The Kier molecular flexibility index (Phi) is 5.49. The summed E-state index contributed by atoms with van der Waals surface area (Å²) in [6.07, 6.45) is 1.01. The first kappa shape index (κ1) is 13.5. The molecule has 1 aromatic rings. The van der Waals surface area contributed by atoms with Crippen molar-refractivity contribution >= 4 is 5.97 Å². The van der Waals surface area contributed by atoms with E-state index in [4.69, 9.17) is 15.2 Å². The molecule has 0 radical (unpaired) electrons. The van der Waals surface area contributed by atoms with Gasteiger partial charge in [0.15, 0.2) is 0 Å². The monoisotopic (exact) mass is 237 g/mol. The van der Waals surface area contributed by atoms with Crippen LogP contribution in [0.2, 0.25) is 0 Å². The normalized spacial score (nSPS) is 11.9. The molecule has 0 fully saturated rings. The molecule has 0 heterocycles. The molecule has 0 aliphatic rings. The molecule has 94 valence electrons. The molecule has 1 atom stereocenters. The van der Waals surface area contributed by atoms with Crippen LogP contribution < -0.4 is 10.5 Å². The number of hydrogen-bond acceptors (Lipinski definition) is 4. The molecule has 17 heavy (non-hydrogen) atoms. The zero-order valence-corrected chi connectivity index (χ0v) is 10.3. The van der Waals surface area contributed by atoms with Crippen LogP contribution in [-0.2, 0) is 9.53 Å². The molecular weight excluding hydrogens is 218 g/mol. The second kappa shape index (κ2) is 6.91. The van der Waals surface area contributed by atoms with Crippen molar-refractivity contribution in [2.24, 2.45) is 5.73 Å². The molecule has 0 saturated carbocycles. The van der Waals surface area contributed by atoms with Crippen LogP contribution in [0.3, 0.4) is 0 Å². The molecule has 0 amide bonds. The molecule has 4 nitrogen and oxygen atoms in total. The molecule has 0 bridgehead atoms. The summed E-state index contributed by atoms with van der Waals surface area (Å²) < 4.78 is 10.1. The fraction of sp³-hybridized carbons (Fsp3) is 0.462. The highest BCUT2D eigenvalue weighted by molar-refractivity contribution is 5.70. The van der Waals surface area contributed by atoms with Crippen LogP contribution in [0.25, 0.3) is 0 Å². The zero-order valence-electron chi connectivity index (χ0n) is 10.3.